The second kappa shape index (κ2) is 6.72. The standard InChI is InChI=1S/C18H16F2N4OS2/c1-8-9(2)26-16-13(8)15(25)22-14(23-16)10(3)27-18-21-11-6-4-5-7-12(11)24(18)17(19)20/h4-7,10,17H,1-3H3,(H,22,23,25). The Morgan fingerprint density at radius 1 is 1.22 bits per heavy atom. The normalized spacial score (nSPS) is 13.1. The van der Waals surface area contributed by atoms with E-state index >= 15 is 0 Å². The average molecular weight is 406 g/mol. The van der Waals surface area contributed by atoms with Crippen molar-refractivity contribution < 1.29 is 8.78 Å². The van der Waals surface area contributed by atoms with Crippen LogP contribution in [0.15, 0.2) is 34.2 Å². The van der Waals surface area contributed by atoms with Gasteiger partial charge in [-0.25, -0.2) is 9.97 Å². The highest BCUT2D eigenvalue weighted by Crippen LogP contribution is 2.37. The Morgan fingerprint density at radius 2 is 1.96 bits per heavy atom. The van der Waals surface area contributed by atoms with Crippen LogP contribution in [-0.4, -0.2) is 19.5 Å². The number of imidazole rings is 1. The van der Waals surface area contributed by atoms with E-state index in [0.717, 1.165) is 26.8 Å². The summed E-state index contributed by atoms with van der Waals surface area (Å²) in [6.07, 6.45) is 0. The number of aromatic amines is 1. The molecule has 5 nitrogen and oxygen atoms in total. The third-order valence-electron chi connectivity index (χ3n) is 4.48. The number of halogens is 2. The Morgan fingerprint density at radius 3 is 2.70 bits per heavy atom. The van der Waals surface area contributed by atoms with E-state index in [-0.39, 0.29) is 16.0 Å². The van der Waals surface area contributed by atoms with Crippen LogP contribution in [0.1, 0.15) is 35.0 Å². The molecule has 0 fully saturated rings. The number of rotatable bonds is 4. The highest BCUT2D eigenvalue weighted by molar-refractivity contribution is 7.99. The summed E-state index contributed by atoms with van der Waals surface area (Å²) >= 11 is 2.61. The Balaban J connectivity index is 1.76. The molecule has 3 aromatic heterocycles. The average Bonchev–Trinajstić information content (AvgIpc) is 3.12. The van der Waals surface area contributed by atoms with E-state index in [4.69, 9.17) is 0 Å². The predicted octanol–water partition coefficient (Wildman–Crippen LogP) is 5.20. The number of thioether (sulfide) groups is 1. The first-order valence-corrected chi connectivity index (χ1v) is 9.98. The molecule has 0 bridgehead atoms. The van der Waals surface area contributed by atoms with Gasteiger partial charge < -0.3 is 4.98 Å². The maximum absolute atomic E-state index is 13.6. The molecule has 3 heterocycles. The van der Waals surface area contributed by atoms with Gasteiger partial charge in [0.15, 0.2) is 5.16 Å². The first-order valence-electron chi connectivity index (χ1n) is 8.28. The van der Waals surface area contributed by atoms with Crippen molar-refractivity contribution in [3.8, 4) is 0 Å². The molecule has 0 aliphatic carbocycles. The number of nitrogens with one attached hydrogen (secondary N) is 1. The molecule has 4 aromatic rings. The van der Waals surface area contributed by atoms with E-state index in [0.29, 0.717) is 27.1 Å². The van der Waals surface area contributed by atoms with Crippen LogP contribution in [0.3, 0.4) is 0 Å². The zero-order valence-electron chi connectivity index (χ0n) is 14.8. The van der Waals surface area contributed by atoms with Crippen molar-refractivity contribution in [3.63, 3.8) is 0 Å². The van der Waals surface area contributed by atoms with Crippen LogP contribution in [-0.2, 0) is 0 Å². The molecule has 1 unspecified atom stereocenters. The highest BCUT2D eigenvalue weighted by atomic mass is 32.2. The largest absolute Gasteiger partial charge is 0.321 e. The number of aromatic nitrogens is 4. The van der Waals surface area contributed by atoms with E-state index in [1.807, 2.05) is 20.8 Å². The molecular weight excluding hydrogens is 390 g/mol. The molecular formula is C18H16F2N4OS2. The smallest absolute Gasteiger partial charge is 0.309 e. The summed E-state index contributed by atoms with van der Waals surface area (Å²) in [4.78, 5) is 25.9. The van der Waals surface area contributed by atoms with Crippen LogP contribution in [0.25, 0.3) is 21.3 Å². The first kappa shape index (κ1) is 18.1. The fraction of sp³-hybridized carbons (Fsp3) is 0.278. The molecule has 0 saturated carbocycles. The van der Waals surface area contributed by atoms with Gasteiger partial charge in [-0.15, -0.1) is 11.3 Å². The SMILES string of the molecule is Cc1sc2nc(C(C)Sc3nc4ccccc4n3C(F)F)[nH]c(=O)c2c1C. The summed E-state index contributed by atoms with van der Waals surface area (Å²) in [5.41, 5.74) is 1.61. The number of para-hydroxylation sites is 2. The molecule has 1 atom stereocenters. The van der Waals surface area contributed by atoms with Crippen molar-refractivity contribution in [2.45, 2.75) is 37.7 Å². The number of aryl methyl sites for hydroxylation is 2. The van der Waals surface area contributed by atoms with Crippen LogP contribution in [0, 0.1) is 13.8 Å². The minimum Gasteiger partial charge on any atom is -0.309 e. The van der Waals surface area contributed by atoms with Crippen molar-refractivity contribution in [1.82, 2.24) is 19.5 Å². The van der Waals surface area contributed by atoms with Gasteiger partial charge in [-0.1, -0.05) is 23.9 Å². The highest BCUT2D eigenvalue weighted by Gasteiger charge is 2.22. The number of nitrogens with zero attached hydrogens (tertiary/aromatic N) is 3. The molecule has 0 aliphatic rings. The zero-order valence-corrected chi connectivity index (χ0v) is 16.4. The van der Waals surface area contributed by atoms with Crippen LogP contribution in [0.4, 0.5) is 8.78 Å². The maximum atomic E-state index is 13.6. The number of alkyl halides is 2. The van der Waals surface area contributed by atoms with Crippen molar-refractivity contribution >= 4 is 44.3 Å². The quantitative estimate of drug-likeness (QED) is 0.473. The zero-order chi connectivity index (χ0) is 19.3. The van der Waals surface area contributed by atoms with Crippen molar-refractivity contribution in [2.75, 3.05) is 0 Å². The Kier molecular flexibility index (Phi) is 4.51. The fourth-order valence-corrected chi connectivity index (χ4v) is 4.99. The summed E-state index contributed by atoms with van der Waals surface area (Å²) in [6, 6.07) is 6.78. The van der Waals surface area contributed by atoms with Crippen LogP contribution in [0.5, 0.6) is 0 Å². The van der Waals surface area contributed by atoms with Crippen molar-refractivity contribution in [2.24, 2.45) is 0 Å². The molecule has 140 valence electrons. The van der Waals surface area contributed by atoms with E-state index in [2.05, 4.69) is 15.0 Å². The van der Waals surface area contributed by atoms with E-state index in [9.17, 15) is 13.6 Å². The third kappa shape index (κ3) is 3.04. The Hall–Kier alpha value is -2.26. The van der Waals surface area contributed by atoms with Crippen molar-refractivity contribution in [1.29, 1.82) is 0 Å². The monoisotopic (exact) mass is 406 g/mol. The summed E-state index contributed by atoms with van der Waals surface area (Å²) in [6.45, 7) is 2.96. The topological polar surface area (TPSA) is 63.6 Å². The van der Waals surface area contributed by atoms with E-state index in [1.54, 1.807) is 24.3 Å². The predicted molar refractivity (Wildman–Crippen MR) is 105 cm³/mol. The molecule has 9 heteroatoms. The van der Waals surface area contributed by atoms with Gasteiger partial charge in [0.1, 0.15) is 10.7 Å². The summed E-state index contributed by atoms with van der Waals surface area (Å²) in [5, 5.41) is 0.442. The van der Waals surface area contributed by atoms with Gasteiger partial charge in [-0.3, -0.25) is 9.36 Å². The second-order valence-electron chi connectivity index (χ2n) is 6.21. The molecule has 1 aromatic carbocycles. The minimum absolute atomic E-state index is 0.194. The molecule has 0 amide bonds. The summed E-state index contributed by atoms with van der Waals surface area (Å²) < 4.78 is 28.1. The van der Waals surface area contributed by atoms with Gasteiger partial charge in [0.05, 0.1) is 21.7 Å². The van der Waals surface area contributed by atoms with Gasteiger partial charge in [-0.05, 0) is 38.5 Å². The Labute approximate surface area is 161 Å². The number of H-pyrrole nitrogens is 1. The van der Waals surface area contributed by atoms with Gasteiger partial charge in [0.25, 0.3) is 5.56 Å². The van der Waals surface area contributed by atoms with Crippen LogP contribution in [0.2, 0.25) is 0 Å². The van der Waals surface area contributed by atoms with Gasteiger partial charge in [0.2, 0.25) is 0 Å². The molecule has 4 rings (SSSR count). The molecule has 0 saturated heterocycles. The second-order valence-corrected chi connectivity index (χ2v) is 8.72. The fourth-order valence-electron chi connectivity index (χ4n) is 2.97. The number of hydrogen-bond acceptors (Lipinski definition) is 5. The first-order chi connectivity index (χ1) is 12.9. The van der Waals surface area contributed by atoms with Gasteiger partial charge >= 0.3 is 6.55 Å². The van der Waals surface area contributed by atoms with E-state index in [1.165, 1.54) is 11.3 Å². The lowest BCUT2D eigenvalue weighted by Crippen LogP contribution is -2.13. The molecule has 0 radical (unpaired) electrons. The van der Waals surface area contributed by atoms with E-state index < -0.39 is 6.55 Å². The molecule has 27 heavy (non-hydrogen) atoms. The van der Waals surface area contributed by atoms with Gasteiger partial charge in [-0.2, -0.15) is 8.78 Å². The maximum Gasteiger partial charge on any atom is 0.321 e. The number of hydrogen-bond donors (Lipinski definition) is 1. The number of benzene rings is 1. The summed E-state index contributed by atoms with van der Waals surface area (Å²) in [7, 11) is 0. The number of thiophene rings is 1. The molecule has 1 N–H and O–H groups in total. The van der Waals surface area contributed by atoms with Gasteiger partial charge in [0, 0.05) is 4.88 Å². The lowest BCUT2D eigenvalue weighted by molar-refractivity contribution is 0.0656. The summed E-state index contributed by atoms with van der Waals surface area (Å²) in [5.74, 6) is 0.451. The molecule has 0 aliphatic heterocycles. The number of fused-ring (bicyclic) bond motifs is 2. The minimum atomic E-state index is -2.70. The van der Waals surface area contributed by atoms with Crippen LogP contribution < -0.4 is 5.56 Å². The lowest BCUT2D eigenvalue weighted by atomic mass is 10.2. The Bertz CT molecular complexity index is 1210. The molecule has 0 spiro atoms. The third-order valence-corrected chi connectivity index (χ3v) is 6.66. The van der Waals surface area contributed by atoms with Crippen molar-refractivity contribution in [3.05, 3.63) is 50.9 Å². The lowest BCUT2D eigenvalue weighted by Gasteiger charge is -2.12. The van der Waals surface area contributed by atoms with Crippen LogP contribution >= 0.6 is 23.1 Å².